The summed E-state index contributed by atoms with van der Waals surface area (Å²) in [4.78, 5) is 20.3. The predicted molar refractivity (Wildman–Crippen MR) is 118 cm³/mol. The molecule has 4 rings (SSSR count). The highest BCUT2D eigenvalue weighted by molar-refractivity contribution is 8.00. The van der Waals surface area contributed by atoms with Crippen LogP contribution in [-0.2, 0) is 11.3 Å². The third-order valence-corrected chi connectivity index (χ3v) is 6.44. The topological polar surface area (TPSA) is 60.2 Å². The van der Waals surface area contributed by atoms with E-state index in [0.717, 1.165) is 10.6 Å². The second kappa shape index (κ2) is 9.27. The van der Waals surface area contributed by atoms with Gasteiger partial charge in [-0.2, -0.15) is 5.10 Å². The largest absolute Gasteiger partial charge is 0.497 e. The number of aromatic nitrogens is 3. The van der Waals surface area contributed by atoms with Crippen molar-refractivity contribution in [2.45, 2.75) is 11.4 Å². The monoisotopic (exact) mass is 442 g/mol. The number of methoxy groups -OCH3 is 1. The van der Waals surface area contributed by atoms with Crippen LogP contribution in [0.5, 0.6) is 5.75 Å². The quantitative estimate of drug-likeness (QED) is 0.377. The minimum Gasteiger partial charge on any atom is -0.497 e. The smallest absolute Gasteiger partial charge is 0.239 e. The number of thiazole rings is 1. The fourth-order valence-electron chi connectivity index (χ4n) is 2.86. The summed E-state index contributed by atoms with van der Waals surface area (Å²) in [5.41, 5.74) is 0.677. The van der Waals surface area contributed by atoms with Gasteiger partial charge in [0.25, 0.3) is 0 Å². The number of fused-ring (bicyclic) bond motifs is 1. The van der Waals surface area contributed by atoms with Crippen molar-refractivity contribution in [1.82, 2.24) is 14.8 Å². The number of amides is 1. The summed E-state index contributed by atoms with van der Waals surface area (Å²) in [6.45, 7) is 0.961. The Kier molecular flexibility index (Phi) is 6.29. The first-order chi connectivity index (χ1) is 14.6. The SMILES string of the molecule is COc1ccc(SCC(=O)N(CCn2cccn2)c2nc3ccc(F)cc3s2)cc1. The zero-order valence-corrected chi connectivity index (χ0v) is 17.8. The lowest BCUT2D eigenvalue weighted by Gasteiger charge is -2.19. The average Bonchev–Trinajstić information content (AvgIpc) is 3.42. The van der Waals surface area contributed by atoms with E-state index in [4.69, 9.17) is 4.74 Å². The molecule has 0 saturated heterocycles. The summed E-state index contributed by atoms with van der Waals surface area (Å²) in [5.74, 6) is 0.647. The highest BCUT2D eigenvalue weighted by atomic mass is 32.2. The van der Waals surface area contributed by atoms with Gasteiger partial charge in [-0.25, -0.2) is 9.37 Å². The lowest BCUT2D eigenvalue weighted by Crippen LogP contribution is -2.35. The molecular formula is C21H19FN4O2S2. The standard InChI is InChI=1S/C21H19FN4O2S2/c1-28-16-4-6-17(7-5-16)29-14-20(27)26(12-11-25-10-2-9-23-25)21-24-18-8-3-15(22)13-19(18)30-21/h2-10,13H,11-12,14H2,1H3. The molecule has 30 heavy (non-hydrogen) atoms. The summed E-state index contributed by atoms with van der Waals surface area (Å²) in [6.07, 6.45) is 3.55. The Hall–Kier alpha value is -2.91. The van der Waals surface area contributed by atoms with Crippen molar-refractivity contribution in [2.24, 2.45) is 0 Å². The van der Waals surface area contributed by atoms with E-state index in [2.05, 4.69) is 10.1 Å². The van der Waals surface area contributed by atoms with E-state index in [1.165, 1.54) is 35.2 Å². The van der Waals surface area contributed by atoms with Crippen molar-refractivity contribution in [3.05, 3.63) is 66.7 Å². The number of hydrogen-bond acceptors (Lipinski definition) is 6. The maximum atomic E-state index is 13.6. The molecule has 2 aromatic carbocycles. The minimum atomic E-state index is -0.317. The molecule has 6 nitrogen and oxygen atoms in total. The van der Waals surface area contributed by atoms with Crippen molar-refractivity contribution >= 4 is 44.4 Å². The summed E-state index contributed by atoms with van der Waals surface area (Å²) in [6, 6.07) is 13.9. The van der Waals surface area contributed by atoms with Crippen molar-refractivity contribution in [3.8, 4) is 5.75 Å². The van der Waals surface area contributed by atoms with E-state index >= 15 is 0 Å². The molecule has 0 fully saturated rings. The van der Waals surface area contributed by atoms with E-state index in [0.29, 0.717) is 28.4 Å². The molecule has 4 aromatic rings. The highest BCUT2D eigenvalue weighted by Crippen LogP contribution is 2.30. The average molecular weight is 443 g/mol. The first kappa shape index (κ1) is 20.4. The van der Waals surface area contributed by atoms with Gasteiger partial charge in [0.2, 0.25) is 5.91 Å². The minimum absolute atomic E-state index is 0.0671. The number of thioether (sulfide) groups is 1. The van der Waals surface area contributed by atoms with E-state index < -0.39 is 0 Å². The zero-order chi connectivity index (χ0) is 20.9. The number of carbonyl (C=O) groups excluding carboxylic acids is 1. The van der Waals surface area contributed by atoms with Crippen molar-refractivity contribution < 1.29 is 13.9 Å². The molecule has 0 N–H and O–H groups in total. The summed E-state index contributed by atoms with van der Waals surface area (Å²) in [5, 5.41) is 4.76. The lowest BCUT2D eigenvalue weighted by atomic mass is 10.3. The van der Waals surface area contributed by atoms with E-state index in [1.54, 1.807) is 29.0 Å². The number of nitrogens with zero attached hydrogens (tertiary/aromatic N) is 4. The number of halogens is 1. The Labute approximate surface area is 181 Å². The number of anilines is 1. The van der Waals surface area contributed by atoms with Crippen molar-refractivity contribution in [1.29, 1.82) is 0 Å². The molecule has 0 atom stereocenters. The predicted octanol–water partition coefficient (Wildman–Crippen LogP) is 4.47. The second-order valence-corrected chi connectivity index (χ2v) is 8.45. The number of rotatable bonds is 8. The van der Waals surface area contributed by atoms with E-state index in [9.17, 15) is 9.18 Å². The van der Waals surface area contributed by atoms with Crippen LogP contribution in [0.2, 0.25) is 0 Å². The van der Waals surface area contributed by atoms with Crippen LogP contribution >= 0.6 is 23.1 Å². The molecule has 0 saturated carbocycles. The van der Waals surface area contributed by atoms with Gasteiger partial charge in [0.1, 0.15) is 11.6 Å². The molecular weight excluding hydrogens is 423 g/mol. The van der Waals surface area contributed by atoms with E-state index in [-0.39, 0.29) is 17.5 Å². The summed E-state index contributed by atoms with van der Waals surface area (Å²) >= 11 is 2.76. The van der Waals surface area contributed by atoms with Crippen LogP contribution in [0.25, 0.3) is 10.2 Å². The van der Waals surface area contributed by atoms with Gasteiger partial charge in [-0.15, -0.1) is 11.8 Å². The lowest BCUT2D eigenvalue weighted by molar-refractivity contribution is -0.116. The Morgan fingerprint density at radius 2 is 2.10 bits per heavy atom. The highest BCUT2D eigenvalue weighted by Gasteiger charge is 2.20. The van der Waals surface area contributed by atoms with Crippen LogP contribution in [0.1, 0.15) is 0 Å². The number of benzene rings is 2. The Morgan fingerprint density at radius 1 is 1.27 bits per heavy atom. The van der Waals surface area contributed by atoms with Gasteiger partial charge in [-0.05, 0) is 48.5 Å². The first-order valence-corrected chi connectivity index (χ1v) is 11.0. The molecule has 0 unspecified atom stereocenters. The zero-order valence-electron chi connectivity index (χ0n) is 16.2. The molecule has 0 bridgehead atoms. The van der Waals surface area contributed by atoms with Crippen LogP contribution in [0.4, 0.5) is 9.52 Å². The third kappa shape index (κ3) is 4.80. The molecule has 0 aliphatic carbocycles. The van der Waals surface area contributed by atoms with Gasteiger partial charge >= 0.3 is 0 Å². The molecule has 1 amide bonds. The van der Waals surface area contributed by atoms with Gasteiger partial charge in [0, 0.05) is 23.8 Å². The first-order valence-electron chi connectivity index (χ1n) is 9.23. The van der Waals surface area contributed by atoms with Crippen LogP contribution in [0, 0.1) is 5.82 Å². The van der Waals surface area contributed by atoms with Gasteiger partial charge in [0.05, 0.1) is 29.6 Å². The van der Waals surface area contributed by atoms with E-state index in [1.807, 2.05) is 36.5 Å². The molecule has 9 heteroatoms. The van der Waals surface area contributed by atoms with Crippen LogP contribution < -0.4 is 9.64 Å². The summed E-state index contributed by atoms with van der Waals surface area (Å²) in [7, 11) is 1.62. The number of hydrogen-bond donors (Lipinski definition) is 0. The van der Waals surface area contributed by atoms with Crippen LogP contribution in [-0.4, -0.2) is 40.1 Å². The molecule has 0 aliphatic rings. The Morgan fingerprint density at radius 3 is 2.83 bits per heavy atom. The molecule has 2 heterocycles. The maximum Gasteiger partial charge on any atom is 0.239 e. The molecule has 2 aromatic heterocycles. The van der Waals surface area contributed by atoms with Gasteiger partial charge < -0.3 is 4.74 Å². The fourth-order valence-corrected chi connectivity index (χ4v) is 4.67. The Bertz CT molecular complexity index is 1130. The molecule has 154 valence electrons. The number of ether oxygens (including phenoxy) is 1. The van der Waals surface area contributed by atoms with Gasteiger partial charge in [-0.1, -0.05) is 11.3 Å². The molecule has 0 spiro atoms. The Balaban J connectivity index is 1.52. The van der Waals surface area contributed by atoms with Crippen molar-refractivity contribution in [3.63, 3.8) is 0 Å². The number of carbonyl (C=O) groups is 1. The van der Waals surface area contributed by atoms with Crippen LogP contribution in [0.15, 0.2) is 65.8 Å². The fraction of sp³-hybridized carbons (Fsp3) is 0.190. The second-order valence-electron chi connectivity index (χ2n) is 6.39. The molecule has 0 aliphatic heterocycles. The molecule has 0 radical (unpaired) electrons. The third-order valence-electron chi connectivity index (χ3n) is 4.40. The van der Waals surface area contributed by atoms with Gasteiger partial charge in [0.15, 0.2) is 5.13 Å². The normalized spacial score (nSPS) is 11.0. The van der Waals surface area contributed by atoms with Crippen molar-refractivity contribution in [2.75, 3.05) is 24.3 Å². The maximum absolute atomic E-state index is 13.6. The van der Waals surface area contributed by atoms with Gasteiger partial charge in [-0.3, -0.25) is 14.4 Å². The summed E-state index contributed by atoms with van der Waals surface area (Å²) < 4.78 is 21.2. The van der Waals surface area contributed by atoms with Crippen LogP contribution in [0.3, 0.4) is 0 Å².